The lowest BCUT2D eigenvalue weighted by Gasteiger charge is -2.33. The molecule has 0 spiro atoms. The lowest BCUT2D eigenvalue weighted by molar-refractivity contribution is 0.0912. The number of hydrogen-bond donors (Lipinski definition) is 2. The smallest absolute Gasteiger partial charge is 0.244 e. The van der Waals surface area contributed by atoms with Crippen molar-refractivity contribution in [2.75, 3.05) is 7.11 Å². The van der Waals surface area contributed by atoms with E-state index in [1.54, 1.807) is 14.2 Å². The first kappa shape index (κ1) is 20.9. The van der Waals surface area contributed by atoms with Crippen LogP contribution in [0.5, 0.6) is 0 Å². The van der Waals surface area contributed by atoms with Crippen LogP contribution in [-0.2, 0) is 28.4 Å². The molecule has 0 radical (unpaired) electrons. The molecule has 10 nitrogen and oxygen atoms in total. The Balaban J connectivity index is 1.81. The van der Waals surface area contributed by atoms with Crippen LogP contribution in [0.2, 0.25) is 0 Å². The molecule has 0 unspecified atom stereocenters. The molecule has 28 heavy (non-hydrogen) atoms. The maximum Gasteiger partial charge on any atom is 0.244 e. The monoisotopic (exact) mass is 412 g/mol. The van der Waals surface area contributed by atoms with E-state index in [0.717, 1.165) is 5.82 Å². The predicted octanol–water partition coefficient (Wildman–Crippen LogP) is 0.714. The number of aryl methyl sites for hydroxylation is 1. The van der Waals surface area contributed by atoms with Gasteiger partial charge in [-0.3, -0.25) is 4.68 Å². The van der Waals surface area contributed by atoms with Crippen molar-refractivity contribution in [3.63, 3.8) is 0 Å². The number of methoxy groups -OCH3 is 1. The van der Waals surface area contributed by atoms with Gasteiger partial charge in [0.05, 0.1) is 12.3 Å². The van der Waals surface area contributed by atoms with E-state index in [4.69, 9.17) is 4.74 Å². The van der Waals surface area contributed by atoms with Crippen molar-refractivity contribution in [3.05, 3.63) is 24.0 Å². The predicted molar refractivity (Wildman–Crippen MR) is 101 cm³/mol. The molecule has 1 saturated carbocycles. The van der Waals surface area contributed by atoms with Crippen LogP contribution in [0, 0.1) is 0 Å². The van der Waals surface area contributed by atoms with E-state index < -0.39 is 22.2 Å². The maximum absolute atomic E-state index is 12.6. The number of aliphatic hydroxyl groups is 1. The second-order valence-corrected chi connectivity index (χ2v) is 9.23. The van der Waals surface area contributed by atoms with Gasteiger partial charge in [0.2, 0.25) is 10.0 Å². The number of rotatable bonds is 7. The molecule has 1 aliphatic rings. The summed E-state index contributed by atoms with van der Waals surface area (Å²) < 4.78 is 36.4. The van der Waals surface area contributed by atoms with Gasteiger partial charge in [0.15, 0.2) is 5.82 Å². The summed E-state index contributed by atoms with van der Waals surface area (Å²) in [5.74, 6) is 1.40. The van der Waals surface area contributed by atoms with Gasteiger partial charge >= 0.3 is 0 Å². The second kappa shape index (κ2) is 8.27. The van der Waals surface area contributed by atoms with Gasteiger partial charge in [-0.2, -0.15) is 10.2 Å². The number of sulfonamides is 1. The summed E-state index contributed by atoms with van der Waals surface area (Å²) in [6.45, 7) is 4.36. The Morgan fingerprint density at radius 3 is 2.75 bits per heavy atom. The highest BCUT2D eigenvalue weighted by molar-refractivity contribution is 7.89. The molecule has 0 bridgehead atoms. The minimum absolute atomic E-state index is 0.00879. The van der Waals surface area contributed by atoms with Crippen molar-refractivity contribution in [2.45, 2.75) is 68.7 Å². The number of nitrogens with zero attached hydrogens (tertiary/aromatic N) is 5. The van der Waals surface area contributed by atoms with Crippen LogP contribution < -0.4 is 4.72 Å². The zero-order valence-electron chi connectivity index (χ0n) is 16.6. The maximum atomic E-state index is 12.6. The largest absolute Gasteiger partial charge is 0.391 e. The van der Waals surface area contributed by atoms with Crippen LogP contribution in [-0.4, -0.2) is 57.3 Å². The highest BCUT2D eigenvalue weighted by atomic mass is 32.2. The highest BCUT2D eigenvalue weighted by Crippen LogP contribution is 2.34. The van der Waals surface area contributed by atoms with Crippen LogP contribution in [0.3, 0.4) is 0 Å². The molecule has 0 saturated heterocycles. The van der Waals surface area contributed by atoms with E-state index in [1.165, 1.54) is 17.1 Å². The van der Waals surface area contributed by atoms with Gasteiger partial charge in [-0.1, -0.05) is 0 Å². The van der Waals surface area contributed by atoms with Crippen molar-refractivity contribution < 1.29 is 18.3 Å². The van der Waals surface area contributed by atoms with E-state index in [0.29, 0.717) is 31.7 Å². The van der Waals surface area contributed by atoms with Crippen LogP contribution >= 0.6 is 0 Å². The average molecular weight is 413 g/mol. The normalized spacial score (nSPS) is 23.4. The van der Waals surface area contributed by atoms with Crippen molar-refractivity contribution in [2.24, 2.45) is 7.05 Å². The number of nitrogens with one attached hydrogen (secondary N) is 1. The molecule has 1 aliphatic carbocycles. The van der Waals surface area contributed by atoms with E-state index in [-0.39, 0.29) is 16.9 Å². The summed E-state index contributed by atoms with van der Waals surface area (Å²) in [4.78, 5) is 4.70. The molecule has 0 aliphatic heterocycles. The van der Waals surface area contributed by atoms with Gasteiger partial charge in [-0.15, -0.1) is 0 Å². The molecule has 3 rings (SSSR count). The molecule has 2 aromatic heterocycles. The van der Waals surface area contributed by atoms with Crippen molar-refractivity contribution in [3.8, 4) is 0 Å². The number of hydrogen-bond acceptors (Lipinski definition) is 7. The molecule has 11 heteroatoms. The van der Waals surface area contributed by atoms with Gasteiger partial charge in [-0.05, 0) is 33.1 Å². The molecule has 2 aromatic rings. The molecule has 0 aromatic carbocycles. The molecule has 0 amide bonds. The first-order valence-electron chi connectivity index (χ1n) is 9.34. The Bertz CT molecular complexity index is 907. The molecule has 2 N–H and O–H groups in total. The zero-order valence-corrected chi connectivity index (χ0v) is 17.4. The van der Waals surface area contributed by atoms with Gasteiger partial charge in [0.25, 0.3) is 0 Å². The summed E-state index contributed by atoms with van der Waals surface area (Å²) in [5, 5.41) is 18.8. The molecule has 3 atom stereocenters. The molecule has 2 heterocycles. The van der Waals surface area contributed by atoms with Crippen molar-refractivity contribution in [1.82, 2.24) is 29.3 Å². The average Bonchev–Trinajstić information content (AvgIpc) is 3.24. The Hall–Kier alpha value is -1.82. The van der Waals surface area contributed by atoms with E-state index in [9.17, 15) is 13.5 Å². The summed E-state index contributed by atoms with van der Waals surface area (Å²) in [6, 6.07) is -0.488. The van der Waals surface area contributed by atoms with Crippen LogP contribution in [0.25, 0.3) is 0 Å². The van der Waals surface area contributed by atoms with Crippen LogP contribution in [0.15, 0.2) is 17.3 Å². The summed E-state index contributed by atoms with van der Waals surface area (Å²) in [5.41, 5.74) is 0. The number of aliphatic hydroxyl groups excluding tert-OH is 1. The van der Waals surface area contributed by atoms with Crippen molar-refractivity contribution >= 4 is 10.0 Å². The van der Waals surface area contributed by atoms with Gasteiger partial charge in [-0.25, -0.2) is 22.8 Å². The Morgan fingerprint density at radius 2 is 2.14 bits per heavy atom. The third-order valence-corrected chi connectivity index (χ3v) is 6.39. The second-order valence-electron chi connectivity index (χ2n) is 7.51. The van der Waals surface area contributed by atoms with Gasteiger partial charge < -0.3 is 9.84 Å². The first-order valence-corrected chi connectivity index (χ1v) is 10.8. The number of aromatic nitrogens is 5. The third-order valence-electron chi connectivity index (χ3n) is 4.94. The number of ether oxygens (including phenoxy) is 1. The Morgan fingerprint density at radius 1 is 1.39 bits per heavy atom. The minimum atomic E-state index is -3.76. The van der Waals surface area contributed by atoms with Crippen LogP contribution in [0.1, 0.15) is 56.7 Å². The molecule has 156 valence electrons. The third kappa shape index (κ3) is 4.43. The minimum Gasteiger partial charge on any atom is -0.391 e. The fourth-order valence-electron chi connectivity index (χ4n) is 3.55. The molecular formula is C17H28N6O4S. The quantitative estimate of drug-likeness (QED) is 0.686. The topological polar surface area (TPSA) is 124 Å². The van der Waals surface area contributed by atoms with Crippen LogP contribution in [0.4, 0.5) is 0 Å². The fraction of sp³-hybridized carbons (Fsp3) is 0.706. The van der Waals surface area contributed by atoms with Gasteiger partial charge in [0, 0.05) is 38.4 Å². The van der Waals surface area contributed by atoms with Gasteiger partial charge in [0.1, 0.15) is 17.3 Å². The first-order chi connectivity index (χ1) is 13.2. The molecular weight excluding hydrogens is 384 g/mol. The van der Waals surface area contributed by atoms with E-state index >= 15 is 0 Å². The Labute approximate surface area is 165 Å². The fourth-order valence-corrected chi connectivity index (χ4v) is 4.82. The standard InChI is InChI=1S/C17H28N6O4S/c1-11(2)23-17(19-16(20-23)10-27-4)12-5-6-15(24)14(7-12)21-28(25,26)13-8-18-22(3)9-13/h8-9,11-12,14-15,21,24H,5-7,10H2,1-4H3/t12-,14+,15+/m0/s1. The summed E-state index contributed by atoms with van der Waals surface area (Å²) in [7, 11) is -0.517. The SMILES string of the molecule is COCc1nc([C@H]2CC[C@@H](O)[C@H](NS(=O)(=O)c3cnn(C)c3)C2)n(C(C)C)n1. The van der Waals surface area contributed by atoms with E-state index in [1.807, 2.05) is 18.5 Å². The van der Waals surface area contributed by atoms with E-state index in [2.05, 4.69) is 19.9 Å². The summed E-state index contributed by atoms with van der Waals surface area (Å²) in [6.07, 6.45) is 3.61. The highest BCUT2D eigenvalue weighted by Gasteiger charge is 2.36. The summed E-state index contributed by atoms with van der Waals surface area (Å²) >= 11 is 0. The lowest BCUT2D eigenvalue weighted by atomic mass is 9.83. The molecule has 1 fully saturated rings. The van der Waals surface area contributed by atoms with Crippen molar-refractivity contribution in [1.29, 1.82) is 0 Å². The lowest BCUT2D eigenvalue weighted by Crippen LogP contribution is -2.46. The zero-order chi connectivity index (χ0) is 20.5. The Kier molecular flexibility index (Phi) is 6.18.